The molecule has 1 aromatic rings. The molecule has 0 saturated carbocycles. The predicted molar refractivity (Wildman–Crippen MR) is 206 cm³/mol. The van der Waals surface area contributed by atoms with E-state index in [2.05, 4.69) is 31.9 Å². The van der Waals surface area contributed by atoms with Gasteiger partial charge in [-0.1, -0.05) is 93.5 Å². The molecule has 294 valence electrons. The molecule has 2 saturated heterocycles. The number of rotatable bonds is 6. The summed E-state index contributed by atoms with van der Waals surface area (Å²) in [5, 5.41) is 17.9. The number of benzene rings is 1. The van der Waals surface area contributed by atoms with E-state index < -0.39 is 54.0 Å². The molecule has 53 heavy (non-hydrogen) atoms. The Morgan fingerprint density at radius 2 is 1.19 bits per heavy atom. The number of fused-ring (bicyclic) bond motifs is 4. The molecule has 13 nitrogen and oxygen atoms in total. The highest BCUT2D eigenvalue weighted by Gasteiger charge is 2.43. The van der Waals surface area contributed by atoms with Gasteiger partial charge in [0, 0.05) is 18.7 Å². The number of carbonyl (C=O) groups excluding carboxylic acids is 6. The average Bonchev–Trinajstić information content (AvgIpc) is 3.58. The van der Waals surface area contributed by atoms with Crippen molar-refractivity contribution in [2.45, 2.75) is 136 Å². The third-order valence-electron chi connectivity index (χ3n) is 10.4. The van der Waals surface area contributed by atoms with Crippen LogP contribution in [-0.4, -0.2) is 93.8 Å². The standard InChI is InChI=1S/C39H61N7O6S/c1-19(2)15-26-33(47)42-29(20(3)4)36(50)43-30(21(5)6)37(51)44-31(22(7)8)38-41-27(18-53-38)34(48)45-32(23(9)10)39(52)46-17-25-14-12-11-13-24(25)16-28(46)35(49)40-26/h11-14,19-23,26-32,38,41H,15-18H2,1-10H3,(H,40,49)(H,42,47)(H,43,50)(H,44,51)(H,45,48)/t26-,27+,28+,29+,30-,31+,32-,38?/m1/s1. The number of carbonyl (C=O) groups is 6. The molecule has 2 fully saturated rings. The highest BCUT2D eigenvalue weighted by molar-refractivity contribution is 8.00. The molecule has 1 aromatic carbocycles. The Kier molecular flexibility index (Phi) is 14.4. The number of hydrogen-bond donors (Lipinski definition) is 6. The molecule has 1 unspecified atom stereocenters. The summed E-state index contributed by atoms with van der Waals surface area (Å²) in [6, 6.07) is 1.87. The molecule has 4 rings (SSSR count). The van der Waals surface area contributed by atoms with Crippen LogP contribution in [0.5, 0.6) is 0 Å². The molecule has 6 N–H and O–H groups in total. The van der Waals surface area contributed by atoms with Gasteiger partial charge in [-0.15, -0.1) is 11.8 Å². The van der Waals surface area contributed by atoms with E-state index in [-0.39, 0.29) is 78.1 Å². The summed E-state index contributed by atoms with van der Waals surface area (Å²) < 4.78 is 0. The van der Waals surface area contributed by atoms with Gasteiger partial charge in [0.1, 0.15) is 30.2 Å². The normalized spacial score (nSPS) is 29.7. The van der Waals surface area contributed by atoms with Crippen LogP contribution in [0.25, 0.3) is 0 Å². The molecule has 3 heterocycles. The van der Waals surface area contributed by atoms with Crippen molar-refractivity contribution in [3.63, 3.8) is 0 Å². The molecule has 0 spiro atoms. The van der Waals surface area contributed by atoms with E-state index >= 15 is 0 Å². The molecule has 0 aliphatic carbocycles. The Hall–Kier alpha value is -3.65. The van der Waals surface area contributed by atoms with E-state index in [1.54, 1.807) is 0 Å². The Labute approximate surface area is 319 Å². The summed E-state index contributed by atoms with van der Waals surface area (Å²) in [5.74, 6) is -3.13. The first-order valence-corrected chi connectivity index (χ1v) is 20.2. The van der Waals surface area contributed by atoms with E-state index in [9.17, 15) is 28.8 Å². The lowest BCUT2D eigenvalue weighted by atomic mass is 9.91. The van der Waals surface area contributed by atoms with E-state index in [1.807, 2.05) is 93.5 Å². The number of nitrogens with zero attached hydrogens (tertiary/aromatic N) is 1. The maximum absolute atomic E-state index is 14.5. The zero-order valence-electron chi connectivity index (χ0n) is 32.9. The van der Waals surface area contributed by atoms with Crippen molar-refractivity contribution in [3.05, 3.63) is 35.4 Å². The van der Waals surface area contributed by atoms with Crippen LogP contribution < -0.4 is 31.9 Å². The first-order chi connectivity index (χ1) is 24.9. The van der Waals surface area contributed by atoms with Gasteiger partial charge in [0.05, 0.1) is 17.5 Å². The van der Waals surface area contributed by atoms with Gasteiger partial charge in [-0.2, -0.15) is 0 Å². The fourth-order valence-electron chi connectivity index (χ4n) is 7.17. The number of nitrogens with one attached hydrogen (secondary N) is 6. The second kappa shape index (κ2) is 18.1. The molecular formula is C39H61N7O6S. The lowest BCUT2D eigenvalue weighted by molar-refractivity contribution is -0.146. The van der Waals surface area contributed by atoms with E-state index in [0.717, 1.165) is 11.1 Å². The molecule has 6 amide bonds. The van der Waals surface area contributed by atoms with Crippen molar-refractivity contribution in [2.75, 3.05) is 5.75 Å². The minimum atomic E-state index is -1.00. The Bertz CT molecular complexity index is 1520. The summed E-state index contributed by atoms with van der Waals surface area (Å²) in [6.07, 6.45) is 0.517. The molecule has 2 bridgehead atoms. The monoisotopic (exact) mass is 755 g/mol. The average molecular weight is 756 g/mol. The lowest BCUT2D eigenvalue weighted by Gasteiger charge is -2.39. The first-order valence-electron chi connectivity index (χ1n) is 19.2. The smallest absolute Gasteiger partial charge is 0.246 e. The van der Waals surface area contributed by atoms with E-state index in [0.29, 0.717) is 5.75 Å². The Morgan fingerprint density at radius 3 is 1.75 bits per heavy atom. The summed E-state index contributed by atoms with van der Waals surface area (Å²) in [4.78, 5) is 86.0. The van der Waals surface area contributed by atoms with Crippen LogP contribution in [0.2, 0.25) is 0 Å². The number of amides is 6. The third-order valence-corrected chi connectivity index (χ3v) is 11.7. The largest absolute Gasteiger partial charge is 0.349 e. The lowest BCUT2D eigenvalue weighted by Crippen LogP contribution is -2.62. The first kappa shape index (κ1) is 42.1. The molecule has 0 radical (unpaired) electrons. The molecule has 3 aliphatic heterocycles. The summed E-state index contributed by atoms with van der Waals surface area (Å²) in [6.45, 7) is 19.0. The van der Waals surface area contributed by atoms with Gasteiger partial charge in [-0.05, 0) is 47.1 Å². The van der Waals surface area contributed by atoms with Crippen molar-refractivity contribution >= 4 is 47.2 Å². The van der Waals surface area contributed by atoms with Gasteiger partial charge in [0.25, 0.3) is 0 Å². The van der Waals surface area contributed by atoms with Crippen LogP contribution in [0.3, 0.4) is 0 Å². The fourth-order valence-corrected chi connectivity index (χ4v) is 8.67. The number of hydrogen-bond acceptors (Lipinski definition) is 8. The molecule has 3 aliphatic rings. The summed E-state index contributed by atoms with van der Waals surface area (Å²) in [7, 11) is 0. The topological polar surface area (TPSA) is 178 Å². The van der Waals surface area contributed by atoms with Gasteiger partial charge in [-0.3, -0.25) is 34.1 Å². The van der Waals surface area contributed by atoms with Crippen LogP contribution >= 0.6 is 11.8 Å². The quantitative estimate of drug-likeness (QED) is 0.256. The van der Waals surface area contributed by atoms with E-state index in [4.69, 9.17) is 0 Å². The van der Waals surface area contributed by atoms with Crippen LogP contribution in [-0.2, 0) is 41.7 Å². The zero-order chi connectivity index (χ0) is 39.3. The van der Waals surface area contributed by atoms with Gasteiger partial charge >= 0.3 is 0 Å². The van der Waals surface area contributed by atoms with Gasteiger partial charge in [0.15, 0.2) is 0 Å². The van der Waals surface area contributed by atoms with Crippen LogP contribution in [0.15, 0.2) is 24.3 Å². The second-order valence-corrected chi connectivity index (χ2v) is 17.8. The maximum atomic E-state index is 14.5. The zero-order valence-corrected chi connectivity index (χ0v) is 33.8. The molecule has 8 atom stereocenters. The Morgan fingerprint density at radius 1 is 0.642 bits per heavy atom. The van der Waals surface area contributed by atoms with Crippen molar-refractivity contribution in [1.82, 2.24) is 36.8 Å². The van der Waals surface area contributed by atoms with Gasteiger partial charge in [-0.25, -0.2) is 0 Å². The SMILES string of the molecule is CC(C)C[C@H]1NC(=O)[C@@H]2Cc3ccccc3CN2C(=O)[C@@H](C(C)C)NC(=O)[C@@H]2CSC(N2)[C@H](C(C)C)NC(=O)[C@@H](C(C)C)NC(=O)[C@H](C(C)C)NC1=O. The van der Waals surface area contributed by atoms with Crippen molar-refractivity contribution in [2.24, 2.45) is 29.6 Å². The fraction of sp³-hybridized carbons (Fsp3) is 0.692. The van der Waals surface area contributed by atoms with Crippen molar-refractivity contribution in [1.29, 1.82) is 0 Å². The third kappa shape index (κ3) is 10.3. The van der Waals surface area contributed by atoms with Gasteiger partial charge in [0.2, 0.25) is 35.4 Å². The van der Waals surface area contributed by atoms with Crippen LogP contribution in [0.1, 0.15) is 86.8 Å². The van der Waals surface area contributed by atoms with Crippen LogP contribution in [0, 0.1) is 29.6 Å². The van der Waals surface area contributed by atoms with Crippen molar-refractivity contribution < 1.29 is 28.8 Å². The minimum absolute atomic E-state index is 0.00206. The summed E-state index contributed by atoms with van der Waals surface area (Å²) >= 11 is 1.52. The second-order valence-electron chi connectivity index (χ2n) is 16.6. The molecular weight excluding hydrogens is 695 g/mol. The van der Waals surface area contributed by atoms with Crippen LogP contribution in [0.4, 0.5) is 0 Å². The highest BCUT2D eigenvalue weighted by Crippen LogP contribution is 2.28. The minimum Gasteiger partial charge on any atom is -0.349 e. The maximum Gasteiger partial charge on any atom is 0.246 e. The van der Waals surface area contributed by atoms with Crippen molar-refractivity contribution in [3.8, 4) is 0 Å². The predicted octanol–water partition coefficient (Wildman–Crippen LogP) is 2.08. The highest BCUT2D eigenvalue weighted by atomic mass is 32.2. The van der Waals surface area contributed by atoms with Gasteiger partial charge < -0.3 is 31.5 Å². The Balaban J connectivity index is 1.78. The van der Waals surface area contributed by atoms with E-state index in [1.165, 1.54) is 16.7 Å². The molecule has 14 heteroatoms. The number of thioether (sulfide) groups is 1. The molecule has 0 aromatic heterocycles. The summed E-state index contributed by atoms with van der Waals surface area (Å²) in [5.41, 5.74) is 1.83.